The molecular weight excluding hydrogens is 505 g/mol. The van der Waals surface area contributed by atoms with Crippen molar-refractivity contribution >= 4 is 38.9 Å². The number of pyridine rings is 1. The van der Waals surface area contributed by atoms with Crippen LogP contribution in [0.2, 0.25) is 10.0 Å². The molecule has 2 aromatic heterocycles. The van der Waals surface area contributed by atoms with Crippen LogP contribution in [0.5, 0.6) is 0 Å². The second-order valence-corrected chi connectivity index (χ2v) is 12.1. The summed E-state index contributed by atoms with van der Waals surface area (Å²) >= 11 is 13.1. The molecule has 0 atom stereocenters. The second-order valence-electron chi connectivity index (χ2n) is 9.40. The van der Waals surface area contributed by atoms with E-state index in [2.05, 4.69) is 34.1 Å². The number of piperazine rings is 1. The van der Waals surface area contributed by atoms with Crippen LogP contribution in [-0.2, 0) is 29.1 Å². The van der Waals surface area contributed by atoms with Gasteiger partial charge in [-0.25, -0.2) is 13.4 Å². The first-order chi connectivity index (χ1) is 16.6. The summed E-state index contributed by atoms with van der Waals surface area (Å²) in [5.74, 6) is 1.02. The van der Waals surface area contributed by atoms with E-state index >= 15 is 0 Å². The molecule has 1 saturated heterocycles. The zero-order valence-corrected chi connectivity index (χ0v) is 22.8. The van der Waals surface area contributed by atoms with Crippen LogP contribution in [0.4, 0.5) is 5.82 Å². The summed E-state index contributed by atoms with van der Waals surface area (Å²) in [6.45, 7) is 9.62. The molecule has 0 radical (unpaired) electrons. The minimum Gasteiger partial charge on any atom is -0.354 e. The van der Waals surface area contributed by atoms with E-state index in [1.54, 1.807) is 23.0 Å². The molecule has 3 aromatic rings. The van der Waals surface area contributed by atoms with Crippen molar-refractivity contribution in [2.75, 3.05) is 31.1 Å². The van der Waals surface area contributed by atoms with E-state index in [0.29, 0.717) is 17.9 Å². The van der Waals surface area contributed by atoms with Crippen molar-refractivity contribution in [3.63, 3.8) is 0 Å². The maximum absolute atomic E-state index is 13.5. The fraction of sp³-hybridized carbons (Fsp3) is 0.440. The zero-order valence-electron chi connectivity index (χ0n) is 20.5. The van der Waals surface area contributed by atoms with Crippen molar-refractivity contribution in [1.82, 2.24) is 20.1 Å². The van der Waals surface area contributed by atoms with Gasteiger partial charge in [0.05, 0.1) is 21.5 Å². The molecule has 4 rings (SSSR count). The fourth-order valence-electron chi connectivity index (χ4n) is 4.41. The highest BCUT2D eigenvalue weighted by atomic mass is 35.5. The maximum Gasteiger partial charge on any atom is 0.185 e. The Kier molecular flexibility index (Phi) is 7.76. The Morgan fingerprint density at radius 3 is 2.37 bits per heavy atom. The molecule has 35 heavy (non-hydrogen) atoms. The minimum atomic E-state index is -3.81. The van der Waals surface area contributed by atoms with Gasteiger partial charge in [-0.2, -0.15) is 5.10 Å². The summed E-state index contributed by atoms with van der Waals surface area (Å²) in [7, 11) is -1.98. The van der Waals surface area contributed by atoms with Crippen LogP contribution in [0, 0.1) is 12.8 Å². The molecule has 1 aliphatic rings. The number of nitrogens with one attached hydrogen (secondary N) is 1. The Bertz CT molecular complexity index is 1310. The number of aromatic nitrogens is 3. The highest BCUT2D eigenvalue weighted by Crippen LogP contribution is 2.37. The topological polar surface area (TPSA) is 80.1 Å². The lowest BCUT2D eigenvalue weighted by Gasteiger charge is -2.28. The Labute approximate surface area is 217 Å². The van der Waals surface area contributed by atoms with Gasteiger partial charge in [0.2, 0.25) is 0 Å². The molecule has 3 heterocycles. The molecule has 0 aliphatic carbocycles. The molecule has 7 nitrogen and oxygen atoms in total. The second kappa shape index (κ2) is 10.5. The van der Waals surface area contributed by atoms with Gasteiger partial charge in [0, 0.05) is 50.7 Å². The maximum atomic E-state index is 13.5. The quantitative estimate of drug-likeness (QED) is 0.473. The van der Waals surface area contributed by atoms with Crippen molar-refractivity contribution in [2.24, 2.45) is 13.0 Å². The summed E-state index contributed by atoms with van der Waals surface area (Å²) in [5.41, 5.74) is 3.96. The summed E-state index contributed by atoms with van der Waals surface area (Å²) in [5, 5.41) is 8.10. The highest BCUT2D eigenvalue weighted by molar-refractivity contribution is 7.90. The van der Waals surface area contributed by atoms with Crippen LogP contribution in [0.3, 0.4) is 0 Å². The third-order valence-corrected chi connectivity index (χ3v) is 8.86. The number of sulfone groups is 1. The highest BCUT2D eigenvalue weighted by Gasteiger charge is 2.27. The number of anilines is 1. The van der Waals surface area contributed by atoms with Crippen LogP contribution >= 0.6 is 23.2 Å². The first-order valence-corrected chi connectivity index (χ1v) is 14.1. The molecule has 0 unspecified atom stereocenters. The van der Waals surface area contributed by atoms with E-state index in [1.165, 1.54) is 0 Å². The van der Waals surface area contributed by atoms with Gasteiger partial charge in [-0.3, -0.25) is 4.68 Å². The zero-order chi connectivity index (χ0) is 25.3. The van der Waals surface area contributed by atoms with Crippen molar-refractivity contribution in [3.05, 3.63) is 57.5 Å². The molecule has 188 valence electrons. The van der Waals surface area contributed by atoms with E-state index in [0.717, 1.165) is 54.5 Å². The minimum absolute atomic E-state index is 0.0419. The molecule has 1 fully saturated rings. The van der Waals surface area contributed by atoms with Crippen molar-refractivity contribution in [2.45, 2.75) is 37.8 Å². The largest absolute Gasteiger partial charge is 0.354 e. The average Bonchev–Trinajstić information content (AvgIpc) is 3.05. The first kappa shape index (κ1) is 25.9. The van der Waals surface area contributed by atoms with Gasteiger partial charge in [-0.05, 0) is 54.7 Å². The van der Waals surface area contributed by atoms with Crippen LogP contribution in [-0.4, -0.2) is 49.4 Å². The molecule has 1 aliphatic heterocycles. The monoisotopic (exact) mass is 535 g/mol. The van der Waals surface area contributed by atoms with Gasteiger partial charge < -0.3 is 10.2 Å². The van der Waals surface area contributed by atoms with Crippen molar-refractivity contribution in [1.29, 1.82) is 0 Å². The summed E-state index contributed by atoms with van der Waals surface area (Å²) in [6.07, 6.45) is 2.45. The Morgan fingerprint density at radius 2 is 1.74 bits per heavy atom. The van der Waals surface area contributed by atoms with Gasteiger partial charge in [0.15, 0.2) is 9.84 Å². The molecular formula is C25H31Cl2N5O2S. The lowest BCUT2D eigenvalue weighted by atomic mass is 10.0. The lowest BCUT2D eigenvalue weighted by molar-refractivity contribution is 0.585. The van der Waals surface area contributed by atoms with Gasteiger partial charge in [-0.15, -0.1) is 0 Å². The third-order valence-electron chi connectivity index (χ3n) is 6.31. The van der Waals surface area contributed by atoms with Crippen LogP contribution in [0.25, 0.3) is 11.1 Å². The summed E-state index contributed by atoms with van der Waals surface area (Å²) in [4.78, 5) is 6.68. The Morgan fingerprint density at radius 1 is 1.09 bits per heavy atom. The number of hydrogen-bond acceptors (Lipinski definition) is 6. The molecule has 1 N–H and O–H groups in total. The lowest BCUT2D eigenvalue weighted by Crippen LogP contribution is -2.43. The standard InChI is InChI=1S/C25H31Cl2N5O2S/c1-16(2)11-23-20(17(3)31(4)30-23)15-35(33,34)25-21(26)12-19(13-22(25)27)18-5-6-29-24(14-18)32-9-7-28-8-10-32/h5-6,12-14,16,28H,7-11,15H2,1-4H3. The number of aryl methyl sites for hydroxylation is 1. The van der Waals surface area contributed by atoms with E-state index in [9.17, 15) is 8.42 Å². The van der Waals surface area contributed by atoms with E-state index in [1.807, 2.05) is 26.1 Å². The fourth-order valence-corrected chi connectivity index (χ4v) is 7.21. The number of benzene rings is 1. The number of hydrogen-bond donors (Lipinski definition) is 1. The summed E-state index contributed by atoms with van der Waals surface area (Å²) < 4.78 is 28.8. The third kappa shape index (κ3) is 5.66. The van der Waals surface area contributed by atoms with Crippen LogP contribution in [0.1, 0.15) is 30.8 Å². The van der Waals surface area contributed by atoms with E-state index in [-0.39, 0.29) is 20.7 Å². The van der Waals surface area contributed by atoms with Gasteiger partial charge in [-0.1, -0.05) is 37.0 Å². The predicted octanol–water partition coefficient (Wildman–Crippen LogP) is 4.68. The number of halogens is 2. The van der Waals surface area contributed by atoms with Crippen LogP contribution < -0.4 is 10.2 Å². The van der Waals surface area contributed by atoms with Crippen molar-refractivity contribution in [3.8, 4) is 11.1 Å². The van der Waals surface area contributed by atoms with Gasteiger partial charge >= 0.3 is 0 Å². The molecule has 1 aromatic carbocycles. The molecule has 0 bridgehead atoms. The Balaban J connectivity index is 1.67. The van der Waals surface area contributed by atoms with Gasteiger partial charge in [0.1, 0.15) is 10.7 Å². The van der Waals surface area contributed by atoms with Gasteiger partial charge in [0.25, 0.3) is 0 Å². The van der Waals surface area contributed by atoms with Crippen molar-refractivity contribution < 1.29 is 8.42 Å². The molecule has 10 heteroatoms. The smallest absolute Gasteiger partial charge is 0.185 e. The average molecular weight is 537 g/mol. The normalized spacial score (nSPS) is 14.7. The predicted molar refractivity (Wildman–Crippen MR) is 142 cm³/mol. The molecule has 0 amide bonds. The Hall–Kier alpha value is -2.13. The van der Waals surface area contributed by atoms with E-state index in [4.69, 9.17) is 23.2 Å². The summed E-state index contributed by atoms with van der Waals surface area (Å²) in [6, 6.07) is 7.20. The molecule has 0 spiro atoms. The first-order valence-electron chi connectivity index (χ1n) is 11.7. The molecule has 0 saturated carbocycles. The SMILES string of the molecule is Cc1c(CS(=O)(=O)c2c(Cl)cc(-c3ccnc(N4CCNCC4)c3)cc2Cl)c(CC(C)C)nn1C. The number of rotatable bonds is 7. The van der Waals surface area contributed by atoms with E-state index < -0.39 is 9.84 Å². The van der Waals surface area contributed by atoms with Crippen LogP contribution in [0.15, 0.2) is 35.4 Å². The number of nitrogens with zero attached hydrogens (tertiary/aromatic N) is 4.